The first-order chi connectivity index (χ1) is 7.58. The molecule has 1 unspecified atom stereocenters. The topological polar surface area (TPSA) is 60.9 Å². The second-order valence-electron chi connectivity index (χ2n) is 3.53. The number of imidazole rings is 1. The van der Waals surface area contributed by atoms with Crippen molar-refractivity contribution in [2.75, 3.05) is 17.7 Å². The fourth-order valence-corrected chi connectivity index (χ4v) is 2.02. The Morgan fingerprint density at radius 2 is 2.31 bits per heavy atom. The molecule has 2 rings (SSSR count). The Bertz CT molecular complexity index is 552. The van der Waals surface area contributed by atoms with Crippen LogP contribution in [0.3, 0.4) is 0 Å². The van der Waals surface area contributed by atoms with E-state index in [9.17, 15) is 8.60 Å². The average molecular weight is 241 g/mol. The summed E-state index contributed by atoms with van der Waals surface area (Å²) in [7, 11) is -0.884. The molecule has 1 aromatic carbocycles. The van der Waals surface area contributed by atoms with Crippen LogP contribution < -0.4 is 5.73 Å². The van der Waals surface area contributed by atoms with E-state index >= 15 is 0 Å². The zero-order chi connectivity index (χ0) is 11.7. The molecule has 0 fully saturated rings. The van der Waals surface area contributed by atoms with Gasteiger partial charge in [0.1, 0.15) is 5.82 Å². The van der Waals surface area contributed by atoms with Crippen LogP contribution in [0.1, 0.15) is 0 Å². The molecule has 2 aromatic rings. The predicted molar refractivity (Wildman–Crippen MR) is 63.0 cm³/mol. The lowest BCUT2D eigenvalue weighted by molar-refractivity contribution is 0.629. The second-order valence-corrected chi connectivity index (χ2v) is 5.09. The van der Waals surface area contributed by atoms with Crippen molar-refractivity contribution in [3.8, 4) is 0 Å². The molecule has 16 heavy (non-hydrogen) atoms. The first kappa shape index (κ1) is 11.1. The van der Waals surface area contributed by atoms with Gasteiger partial charge in [-0.25, -0.2) is 9.37 Å². The molecule has 0 saturated carbocycles. The Labute approximate surface area is 94.7 Å². The molecule has 2 N–H and O–H groups in total. The maximum Gasteiger partial charge on any atom is 0.201 e. The molecule has 0 bridgehead atoms. The van der Waals surface area contributed by atoms with Crippen LogP contribution in [0.4, 0.5) is 10.3 Å². The summed E-state index contributed by atoms with van der Waals surface area (Å²) in [6, 6.07) is 4.33. The van der Waals surface area contributed by atoms with Gasteiger partial charge in [-0.05, 0) is 12.1 Å². The lowest BCUT2D eigenvalue weighted by Crippen LogP contribution is -2.09. The molecule has 1 aromatic heterocycles. The van der Waals surface area contributed by atoms with Gasteiger partial charge in [0.2, 0.25) is 5.95 Å². The molecule has 1 heterocycles. The highest BCUT2D eigenvalue weighted by Crippen LogP contribution is 2.18. The van der Waals surface area contributed by atoms with Crippen LogP contribution >= 0.6 is 0 Å². The highest BCUT2D eigenvalue weighted by molar-refractivity contribution is 7.84. The minimum absolute atomic E-state index is 0.325. The SMILES string of the molecule is CS(=O)CCn1c(N)nc2cc(F)ccc21. The van der Waals surface area contributed by atoms with Crippen molar-refractivity contribution in [1.82, 2.24) is 9.55 Å². The van der Waals surface area contributed by atoms with Crippen molar-refractivity contribution in [3.63, 3.8) is 0 Å². The maximum atomic E-state index is 13.0. The van der Waals surface area contributed by atoms with Crippen molar-refractivity contribution in [3.05, 3.63) is 24.0 Å². The van der Waals surface area contributed by atoms with E-state index in [4.69, 9.17) is 5.73 Å². The normalized spacial score (nSPS) is 13.1. The maximum absolute atomic E-state index is 13.0. The Morgan fingerprint density at radius 1 is 1.56 bits per heavy atom. The van der Waals surface area contributed by atoms with Gasteiger partial charge in [-0.15, -0.1) is 0 Å². The van der Waals surface area contributed by atoms with Crippen molar-refractivity contribution in [2.24, 2.45) is 0 Å². The molecule has 4 nitrogen and oxygen atoms in total. The molecule has 0 aliphatic heterocycles. The number of nitrogens with two attached hydrogens (primary N) is 1. The van der Waals surface area contributed by atoms with E-state index in [0.29, 0.717) is 23.8 Å². The largest absolute Gasteiger partial charge is 0.369 e. The van der Waals surface area contributed by atoms with Gasteiger partial charge in [-0.1, -0.05) is 0 Å². The number of benzene rings is 1. The fourth-order valence-electron chi connectivity index (χ4n) is 1.58. The van der Waals surface area contributed by atoms with Crippen LogP contribution in [-0.4, -0.2) is 25.8 Å². The third-order valence-electron chi connectivity index (χ3n) is 2.34. The van der Waals surface area contributed by atoms with Crippen molar-refractivity contribution >= 4 is 27.8 Å². The quantitative estimate of drug-likeness (QED) is 0.876. The smallest absolute Gasteiger partial charge is 0.201 e. The molecule has 0 amide bonds. The molecule has 1 atom stereocenters. The van der Waals surface area contributed by atoms with E-state index in [1.807, 2.05) is 0 Å². The van der Waals surface area contributed by atoms with Crippen molar-refractivity contribution in [2.45, 2.75) is 6.54 Å². The van der Waals surface area contributed by atoms with Gasteiger partial charge in [0.15, 0.2) is 0 Å². The monoisotopic (exact) mass is 241 g/mol. The van der Waals surface area contributed by atoms with Gasteiger partial charge in [0.05, 0.1) is 11.0 Å². The number of halogens is 1. The number of hydrogen-bond donors (Lipinski definition) is 1. The summed E-state index contributed by atoms with van der Waals surface area (Å²) in [5.41, 5.74) is 7.02. The third kappa shape index (κ3) is 2.06. The number of rotatable bonds is 3. The van der Waals surface area contributed by atoms with E-state index in [-0.39, 0.29) is 5.82 Å². The highest BCUT2D eigenvalue weighted by atomic mass is 32.2. The van der Waals surface area contributed by atoms with Crippen LogP contribution in [-0.2, 0) is 17.3 Å². The molecule has 0 saturated heterocycles. The lowest BCUT2D eigenvalue weighted by atomic mass is 10.3. The Morgan fingerprint density at radius 3 is 3.00 bits per heavy atom. The summed E-state index contributed by atoms with van der Waals surface area (Å²) in [5.74, 6) is 0.495. The molecular weight excluding hydrogens is 229 g/mol. The first-order valence-corrected chi connectivity index (χ1v) is 6.52. The number of hydrogen-bond acceptors (Lipinski definition) is 3. The Kier molecular flexibility index (Phi) is 2.91. The van der Waals surface area contributed by atoms with Crippen molar-refractivity contribution in [1.29, 1.82) is 0 Å². The molecule has 0 radical (unpaired) electrons. The lowest BCUT2D eigenvalue weighted by Gasteiger charge is -2.04. The van der Waals surface area contributed by atoms with E-state index in [1.54, 1.807) is 16.9 Å². The van der Waals surface area contributed by atoms with E-state index < -0.39 is 10.8 Å². The van der Waals surface area contributed by atoms with Gasteiger partial charge < -0.3 is 10.3 Å². The molecular formula is C10H12FN3OS. The van der Waals surface area contributed by atoms with Gasteiger partial charge >= 0.3 is 0 Å². The van der Waals surface area contributed by atoms with E-state index in [0.717, 1.165) is 5.52 Å². The molecule has 86 valence electrons. The Balaban J connectivity index is 2.43. The van der Waals surface area contributed by atoms with E-state index in [1.165, 1.54) is 12.1 Å². The van der Waals surface area contributed by atoms with Crippen molar-refractivity contribution < 1.29 is 8.60 Å². The summed E-state index contributed by atoms with van der Waals surface area (Å²) in [6.07, 6.45) is 1.63. The second kappa shape index (κ2) is 4.21. The Hall–Kier alpha value is -1.43. The number of aryl methyl sites for hydroxylation is 1. The summed E-state index contributed by atoms with van der Waals surface area (Å²) >= 11 is 0. The van der Waals surface area contributed by atoms with Crippen LogP contribution in [0, 0.1) is 5.82 Å². The number of anilines is 1. The third-order valence-corrected chi connectivity index (χ3v) is 3.10. The van der Waals surface area contributed by atoms with Gasteiger partial charge in [0, 0.05) is 35.4 Å². The van der Waals surface area contributed by atoms with E-state index in [2.05, 4.69) is 4.98 Å². The van der Waals surface area contributed by atoms with Gasteiger partial charge in [-0.3, -0.25) is 4.21 Å². The molecule has 0 spiro atoms. The number of fused-ring (bicyclic) bond motifs is 1. The highest BCUT2D eigenvalue weighted by Gasteiger charge is 2.08. The average Bonchev–Trinajstić information content (AvgIpc) is 2.50. The molecule has 0 aliphatic rings. The molecule has 0 aliphatic carbocycles. The summed E-state index contributed by atoms with van der Waals surface area (Å²) in [6.45, 7) is 0.525. The fraction of sp³-hybridized carbons (Fsp3) is 0.300. The van der Waals surface area contributed by atoms with Crippen LogP contribution in [0.5, 0.6) is 0 Å². The van der Waals surface area contributed by atoms with Gasteiger partial charge in [-0.2, -0.15) is 0 Å². The number of nitrogens with zero attached hydrogens (tertiary/aromatic N) is 2. The predicted octanol–water partition coefficient (Wildman–Crippen LogP) is 1.14. The van der Waals surface area contributed by atoms with Crippen LogP contribution in [0.25, 0.3) is 11.0 Å². The number of aromatic nitrogens is 2. The minimum Gasteiger partial charge on any atom is -0.369 e. The summed E-state index contributed by atoms with van der Waals surface area (Å²) in [4.78, 5) is 4.05. The molecule has 6 heteroatoms. The van der Waals surface area contributed by atoms with Crippen LogP contribution in [0.15, 0.2) is 18.2 Å². The first-order valence-electron chi connectivity index (χ1n) is 4.79. The van der Waals surface area contributed by atoms with Crippen LogP contribution in [0.2, 0.25) is 0 Å². The number of nitrogen functional groups attached to an aromatic ring is 1. The standard InChI is InChI=1S/C10H12FN3OS/c1-16(15)5-4-14-9-3-2-7(11)6-8(9)13-10(14)12/h2-3,6H,4-5H2,1H3,(H2,12,13). The zero-order valence-corrected chi connectivity index (χ0v) is 9.63. The minimum atomic E-state index is -0.884. The summed E-state index contributed by atoms with van der Waals surface area (Å²) in [5, 5.41) is 0. The van der Waals surface area contributed by atoms with Gasteiger partial charge in [0.25, 0.3) is 0 Å². The zero-order valence-electron chi connectivity index (χ0n) is 8.81. The summed E-state index contributed by atoms with van der Waals surface area (Å²) < 4.78 is 25.7.